The number of benzene rings is 1. The van der Waals surface area contributed by atoms with Crippen molar-refractivity contribution >= 4 is 17.4 Å². The fourth-order valence-corrected chi connectivity index (χ4v) is 3.07. The number of Topliss-reactive ketones (excluding diaryl/α,β-unsaturated/α-hetero) is 1. The molecular weight excluding hydrogens is 306 g/mol. The van der Waals surface area contributed by atoms with Gasteiger partial charge in [0, 0.05) is 12.5 Å². The van der Waals surface area contributed by atoms with E-state index in [1.807, 2.05) is 18.2 Å². The first-order valence-corrected chi connectivity index (χ1v) is 8.56. The molecule has 1 amide bonds. The highest BCUT2D eigenvalue weighted by Crippen LogP contribution is 2.18. The maximum atomic E-state index is 12.3. The maximum absolute atomic E-state index is 12.3. The van der Waals surface area contributed by atoms with E-state index in [0.29, 0.717) is 17.9 Å². The van der Waals surface area contributed by atoms with Crippen LogP contribution in [0, 0.1) is 0 Å². The van der Waals surface area contributed by atoms with E-state index in [0.717, 1.165) is 12.8 Å². The minimum absolute atomic E-state index is 0.0680. The highest BCUT2D eigenvalue weighted by atomic mass is 16.5. The zero-order chi connectivity index (χ0) is 16.8. The van der Waals surface area contributed by atoms with Gasteiger partial charge in [-0.15, -0.1) is 0 Å². The zero-order valence-corrected chi connectivity index (χ0v) is 13.7. The van der Waals surface area contributed by atoms with Gasteiger partial charge in [-0.3, -0.25) is 15.0 Å². The van der Waals surface area contributed by atoms with Gasteiger partial charge in [0.15, 0.2) is 6.61 Å². The summed E-state index contributed by atoms with van der Waals surface area (Å²) in [5.41, 5.74) is 3.14. The molecule has 2 N–H and O–H groups in total. The number of hydrogen-bond acceptors (Lipinski definition) is 5. The summed E-state index contributed by atoms with van der Waals surface area (Å²) in [6.45, 7) is -0.0680. The van der Waals surface area contributed by atoms with Gasteiger partial charge in [-0.25, -0.2) is 0 Å². The van der Waals surface area contributed by atoms with Crippen LogP contribution in [0.2, 0.25) is 0 Å². The molecule has 24 heavy (non-hydrogen) atoms. The molecule has 0 saturated heterocycles. The van der Waals surface area contributed by atoms with Crippen molar-refractivity contribution in [1.29, 1.82) is 0 Å². The molecule has 0 bridgehead atoms. The van der Waals surface area contributed by atoms with E-state index in [-0.39, 0.29) is 24.3 Å². The lowest BCUT2D eigenvalue weighted by Gasteiger charge is -2.24. The number of ketones is 1. The van der Waals surface area contributed by atoms with Crippen molar-refractivity contribution in [2.45, 2.75) is 50.6 Å². The molecule has 0 spiro atoms. The predicted octanol–water partition coefficient (Wildman–Crippen LogP) is 1.80. The Labute approximate surface area is 141 Å². The van der Waals surface area contributed by atoms with Crippen LogP contribution >= 0.6 is 0 Å². The van der Waals surface area contributed by atoms with E-state index in [2.05, 4.69) is 15.8 Å². The number of ether oxygens (including phenoxy) is 1. The number of hydrazone groups is 1. The van der Waals surface area contributed by atoms with Gasteiger partial charge in [0.1, 0.15) is 17.5 Å². The van der Waals surface area contributed by atoms with Gasteiger partial charge >= 0.3 is 0 Å². The molecule has 1 aromatic rings. The fourth-order valence-electron chi connectivity index (χ4n) is 3.07. The molecule has 0 radical (unpaired) electrons. The molecule has 1 heterocycles. The first-order valence-electron chi connectivity index (χ1n) is 8.56. The third-order valence-electron chi connectivity index (χ3n) is 4.46. The average Bonchev–Trinajstić information content (AvgIpc) is 3.12. The first kappa shape index (κ1) is 16.5. The number of nitrogens with one attached hydrogen (secondary N) is 2. The van der Waals surface area contributed by atoms with E-state index < -0.39 is 6.04 Å². The summed E-state index contributed by atoms with van der Waals surface area (Å²) in [7, 11) is 0. The third kappa shape index (κ3) is 4.34. The van der Waals surface area contributed by atoms with E-state index >= 15 is 0 Å². The van der Waals surface area contributed by atoms with Gasteiger partial charge in [-0.1, -0.05) is 37.5 Å². The Morgan fingerprint density at radius 2 is 1.92 bits per heavy atom. The lowest BCUT2D eigenvalue weighted by molar-refractivity contribution is -0.123. The van der Waals surface area contributed by atoms with Crippen LogP contribution in [-0.2, 0) is 9.59 Å². The van der Waals surface area contributed by atoms with Gasteiger partial charge in [0.25, 0.3) is 0 Å². The lowest BCUT2D eigenvalue weighted by atomic mass is 9.95. The largest absolute Gasteiger partial charge is 0.485 e. The molecular formula is C18H23N3O3. The normalized spacial score (nSPS) is 20.8. The van der Waals surface area contributed by atoms with Crippen molar-refractivity contribution in [3.63, 3.8) is 0 Å². The summed E-state index contributed by atoms with van der Waals surface area (Å²) in [5.74, 6) is 0.376. The average molecular weight is 329 g/mol. The molecule has 1 aliphatic heterocycles. The molecule has 1 atom stereocenters. The lowest BCUT2D eigenvalue weighted by Crippen LogP contribution is -2.45. The predicted molar refractivity (Wildman–Crippen MR) is 90.9 cm³/mol. The van der Waals surface area contributed by atoms with Gasteiger partial charge in [-0.05, 0) is 25.0 Å². The molecule has 6 heteroatoms. The Balaban J connectivity index is 1.43. The number of para-hydroxylation sites is 1. The quantitative estimate of drug-likeness (QED) is 0.834. The van der Waals surface area contributed by atoms with Crippen molar-refractivity contribution in [3.05, 3.63) is 30.3 Å². The van der Waals surface area contributed by atoms with Crippen LogP contribution in [0.1, 0.15) is 38.5 Å². The van der Waals surface area contributed by atoms with Crippen molar-refractivity contribution in [1.82, 2.24) is 10.7 Å². The van der Waals surface area contributed by atoms with Crippen molar-refractivity contribution < 1.29 is 14.3 Å². The van der Waals surface area contributed by atoms with Gasteiger partial charge in [-0.2, -0.15) is 5.10 Å². The molecule has 1 unspecified atom stereocenters. The Hall–Kier alpha value is -2.37. The molecule has 3 rings (SSSR count). The molecule has 1 aliphatic carbocycles. The number of carbonyl (C=O) groups is 2. The Morgan fingerprint density at radius 1 is 1.17 bits per heavy atom. The Bertz CT molecular complexity index is 609. The number of amides is 1. The van der Waals surface area contributed by atoms with E-state index in [4.69, 9.17) is 4.74 Å². The monoisotopic (exact) mass is 329 g/mol. The van der Waals surface area contributed by atoms with E-state index in [9.17, 15) is 9.59 Å². The molecule has 1 saturated carbocycles. The number of hydrogen-bond donors (Lipinski definition) is 2. The molecule has 1 fully saturated rings. The highest BCUT2D eigenvalue weighted by molar-refractivity contribution is 6.41. The summed E-state index contributed by atoms with van der Waals surface area (Å²) >= 11 is 0. The smallest absolute Gasteiger partial charge is 0.244 e. The second-order valence-electron chi connectivity index (χ2n) is 6.31. The second kappa shape index (κ2) is 7.95. The van der Waals surface area contributed by atoms with Gasteiger partial charge < -0.3 is 10.1 Å². The second-order valence-corrected chi connectivity index (χ2v) is 6.31. The Kier molecular flexibility index (Phi) is 5.46. The first-order chi connectivity index (χ1) is 11.7. The summed E-state index contributed by atoms with van der Waals surface area (Å²) < 4.78 is 5.44. The third-order valence-corrected chi connectivity index (χ3v) is 4.46. The van der Waals surface area contributed by atoms with E-state index in [1.165, 1.54) is 19.3 Å². The zero-order valence-electron chi connectivity index (χ0n) is 13.7. The summed E-state index contributed by atoms with van der Waals surface area (Å²) in [4.78, 5) is 24.4. The molecule has 6 nitrogen and oxygen atoms in total. The molecule has 2 aliphatic rings. The number of nitrogens with zero attached hydrogens (tertiary/aromatic N) is 1. The number of rotatable bonds is 6. The van der Waals surface area contributed by atoms with Gasteiger partial charge in [0.2, 0.25) is 11.7 Å². The topological polar surface area (TPSA) is 79.8 Å². The maximum Gasteiger partial charge on any atom is 0.244 e. The van der Waals surface area contributed by atoms with Crippen LogP contribution in [0.15, 0.2) is 35.4 Å². The SMILES string of the molecule is O=C(COc1ccccc1)C1=NNC(C(=O)NC2CCCCC2)C1. The minimum atomic E-state index is -0.456. The standard InChI is InChI=1S/C18H23N3O3/c22-17(12-24-14-9-5-2-6-10-14)15-11-16(21-20-15)18(23)19-13-7-3-1-4-8-13/h2,5-6,9-10,13,16,21H,1,3-4,7-8,11-12H2,(H,19,23). The van der Waals surface area contributed by atoms with E-state index in [1.54, 1.807) is 12.1 Å². The molecule has 1 aromatic carbocycles. The van der Waals surface area contributed by atoms with Crippen LogP contribution < -0.4 is 15.5 Å². The van der Waals surface area contributed by atoms with Crippen LogP contribution in [0.5, 0.6) is 5.75 Å². The van der Waals surface area contributed by atoms with Crippen LogP contribution in [0.3, 0.4) is 0 Å². The highest BCUT2D eigenvalue weighted by Gasteiger charge is 2.30. The van der Waals surface area contributed by atoms with Crippen molar-refractivity contribution in [2.24, 2.45) is 5.10 Å². The van der Waals surface area contributed by atoms with Crippen LogP contribution in [-0.4, -0.2) is 36.1 Å². The molecule has 0 aromatic heterocycles. The fraction of sp³-hybridized carbons (Fsp3) is 0.500. The summed E-state index contributed by atoms with van der Waals surface area (Å²) in [6.07, 6.45) is 5.97. The summed E-state index contributed by atoms with van der Waals surface area (Å²) in [6, 6.07) is 8.97. The van der Waals surface area contributed by atoms with Gasteiger partial charge in [0.05, 0.1) is 0 Å². The Morgan fingerprint density at radius 3 is 2.67 bits per heavy atom. The van der Waals surface area contributed by atoms with Crippen molar-refractivity contribution in [3.8, 4) is 5.75 Å². The van der Waals surface area contributed by atoms with Crippen LogP contribution in [0.25, 0.3) is 0 Å². The summed E-state index contributed by atoms with van der Waals surface area (Å²) in [5, 5.41) is 7.08. The van der Waals surface area contributed by atoms with Crippen molar-refractivity contribution in [2.75, 3.05) is 6.61 Å². The molecule has 128 valence electrons. The number of carbonyl (C=O) groups excluding carboxylic acids is 2. The van der Waals surface area contributed by atoms with Crippen LogP contribution in [0.4, 0.5) is 0 Å². The minimum Gasteiger partial charge on any atom is -0.485 e.